The van der Waals surface area contributed by atoms with E-state index in [0.29, 0.717) is 17.9 Å². The monoisotopic (exact) mass is 719 g/mol. The van der Waals surface area contributed by atoms with E-state index < -0.39 is 36.2 Å². The van der Waals surface area contributed by atoms with E-state index in [1.54, 1.807) is 17.8 Å². The molecule has 6 unspecified atom stereocenters. The number of carboxylic acids is 1. The molecular weight excluding hydrogens is 694 g/mol. The number of benzene rings is 3. The number of aliphatic carboxylic acids is 1. The Balaban J connectivity index is 1.13. The first-order chi connectivity index (χ1) is 22.2. The van der Waals surface area contributed by atoms with Crippen molar-refractivity contribution < 1.29 is 29.0 Å². The van der Waals surface area contributed by atoms with Crippen molar-refractivity contribution in [3.05, 3.63) is 85.2 Å². The Morgan fingerprint density at radius 3 is 2.59 bits per heavy atom. The summed E-state index contributed by atoms with van der Waals surface area (Å²) in [5.74, 6) is -3.82. The van der Waals surface area contributed by atoms with Crippen molar-refractivity contribution in [3.8, 4) is 5.75 Å². The van der Waals surface area contributed by atoms with Gasteiger partial charge >= 0.3 is 10.8 Å². The Kier molecular flexibility index (Phi) is 7.11. The van der Waals surface area contributed by atoms with Crippen LogP contribution in [-0.4, -0.2) is 57.1 Å². The maximum atomic E-state index is 13.5. The van der Waals surface area contributed by atoms with Crippen LogP contribution >= 0.6 is 39.0 Å². The highest BCUT2D eigenvalue weighted by molar-refractivity contribution is 9.10. The first-order valence-electron chi connectivity index (χ1n) is 14.9. The third kappa shape index (κ3) is 4.62. The van der Waals surface area contributed by atoms with Crippen molar-refractivity contribution in [2.75, 3.05) is 18.5 Å². The van der Waals surface area contributed by atoms with Crippen molar-refractivity contribution >= 4 is 79.2 Å². The quantitative estimate of drug-likeness (QED) is 0.228. The molecule has 3 fully saturated rings. The number of likely N-dealkylation sites (tertiary alicyclic amines) is 1. The smallest absolute Gasteiger partial charge is 0.323 e. The molecule has 1 saturated heterocycles. The van der Waals surface area contributed by atoms with E-state index in [0.717, 1.165) is 46.9 Å². The summed E-state index contributed by atoms with van der Waals surface area (Å²) in [4.78, 5) is 68.8. The lowest BCUT2D eigenvalue weighted by molar-refractivity contribution is -0.149. The highest BCUT2D eigenvalue weighted by Gasteiger charge is 2.69. The van der Waals surface area contributed by atoms with Gasteiger partial charge in [-0.1, -0.05) is 63.7 Å². The van der Waals surface area contributed by atoms with Crippen LogP contribution in [0.1, 0.15) is 22.8 Å². The number of hydrogen-bond acceptors (Lipinski definition) is 8. The molecule has 3 aromatic carbocycles. The number of H-pyrrole nitrogens is 1. The first kappa shape index (κ1) is 29.5. The summed E-state index contributed by atoms with van der Waals surface area (Å²) in [5, 5.41) is 14.9. The Bertz CT molecular complexity index is 2020. The Morgan fingerprint density at radius 2 is 1.78 bits per heavy atom. The average molecular weight is 721 g/mol. The molecule has 3 amide bonds. The summed E-state index contributed by atoms with van der Waals surface area (Å²) in [6.07, 6.45) is 0.670. The Labute approximate surface area is 278 Å². The molecule has 13 heteroatoms. The van der Waals surface area contributed by atoms with Crippen LogP contribution in [0.3, 0.4) is 0 Å². The molecule has 1 aromatic heterocycles. The number of halogens is 1. The number of carbonyl (C=O) groups excluding carboxylic acids is 3. The molecule has 0 radical (unpaired) electrons. The van der Waals surface area contributed by atoms with Gasteiger partial charge in [-0.05, 0) is 53.8 Å². The number of ether oxygens (including phenoxy) is 1. The molecule has 7 atom stereocenters. The highest BCUT2D eigenvalue weighted by Crippen LogP contribution is 2.69. The fraction of sp³-hybridized carbons (Fsp3) is 0.303. The molecule has 0 spiro atoms. The van der Waals surface area contributed by atoms with Crippen molar-refractivity contribution in [2.45, 2.75) is 22.6 Å². The average Bonchev–Trinajstić information content (AvgIpc) is 3.76. The summed E-state index contributed by atoms with van der Waals surface area (Å²) in [7, 11) is 0. The van der Waals surface area contributed by atoms with Crippen LogP contribution in [0, 0.1) is 29.6 Å². The molecule has 2 bridgehead atoms. The minimum atomic E-state index is -1.22. The first-order valence-corrected chi connectivity index (χ1v) is 17.3. The summed E-state index contributed by atoms with van der Waals surface area (Å²) < 4.78 is 7.00. The molecule has 8 rings (SSSR count). The van der Waals surface area contributed by atoms with E-state index in [4.69, 9.17) is 4.74 Å². The molecule has 10 nitrogen and oxygen atoms in total. The van der Waals surface area contributed by atoms with Crippen LogP contribution in [0.5, 0.6) is 5.75 Å². The number of thioether (sulfide) groups is 1. The number of carboxylic acid groups (broad SMARTS) is 1. The summed E-state index contributed by atoms with van der Waals surface area (Å²) in [6.45, 7) is -0.890. The number of hydrogen-bond donors (Lipinski definition) is 3. The van der Waals surface area contributed by atoms with Crippen molar-refractivity contribution in [2.24, 2.45) is 29.6 Å². The number of anilines is 1. The molecule has 2 saturated carbocycles. The van der Waals surface area contributed by atoms with Gasteiger partial charge in [0.25, 0.3) is 5.91 Å². The van der Waals surface area contributed by atoms with Crippen molar-refractivity contribution in [3.63, 3.8) is 0 Å². The number of nitrogens with zero attached hydrogens (tertiary/aromatic N) is 1. The lowest BCUT2D eigenvalue weighted by Gasteiger charge is -2.43. The number of nitrogens with one attached hydrogen (secondary N) is 2. The topological polar surface area (TPSA) is 146 Å². The van der Waals surface area contributed by atoms with Gasteiger partial charge in [0.2, 0.25) is 11.8 Å². The predicted molar refractivity (Wildman–Crippen MR) is 175 cm³/mol. The fourth-order valence-corrected chi connectivity index (χ4v) is 11.5. The minimum Gasteiger partial charge on any atom is -0.483 e. The maximum absolute atomic E-state index is 13.5. The number of fused-ring (bicyclic) bond motifs is 10. The van der Waals surface area contributed by atoms with E-state index in [2.05, 4.69) is 26.2 Å². The summed E-state index contributed by atoms with van der Waals surface area (Å²) in [6, 6.07) is 19.0. The van der Waals surface area contributed by atoms with Crippen LogP contribution in [-0.2, 0) is 19.2 Å². The molecule has 2 aliphatic carbocycles. The summed E-state index contributed by atoms with van der Waals surface area (Å²) in [5.41, 5.74) is 1.46. The molecule has 2 aliphatic heterocycles. The Morgan fingerprint density at radius 1 is 1.02 bits per heavy atom. The SMILES string of the molecule is O=C(O)CN1C(=O)C2C3CC(C2C1=O)C1C3Sc2[nH]c(=O)sc2[C@@H]1c1cc(Br)ccc1OCC(=O)Nc1cccc2ccccc12. The zero-order valence-electron chi connectivity index (χ0n) is 24.0. The van der Waals surface area contributed by atoms with E-state index >= 15 is 0 Å². The second kappa shape index (κ2) is 11.1. The van der Waals surface area contributed by atoms with Gasteiger partial charge in [0.05, 0.1) is 16.9 Å². The molecule has 4 aliphatic rings. The number of carbonyl (C=O) groups is 4. The normalized spacial score (nSPS) is 27.4. The van der Waals surface area contributed by atoms with Crippen LogP contribution in [0.25, 0.3) is 10.8 Å². The highest BCUT2D eigenvalue weighted by atomic mass is 79.9. The number of imide groups is 1. The number of rotatable bonds is 7. The van der Waals surface area contributed by atoms with E-state index in [-0.39, 0.29) is 46.3 Å². The van der Waals surface area contributed by atoms with Gasteiger partial charge in [0.1, 0.15) is 12.3 Å². The maximum Gasteiger partial charge on any atom is 0.323 e. The van der Waals surface area contributed by atoms with Gasteiger partial charge in [-0.25, -0.2) is 0 Å². The lowest BCUT2D eigenvalue weighted by Crippen LogP contribution is -2.42. The zero-order chi connectivity index (χ0) is 31.9. The zero-order valence-corrected chi connectivity index (χ0v) is 27.2. The van der Waals surface area contributed by atoms with Gasteiger partial charge in [0.15, 0.2) is 6.61 Å². The lowest BCUT2D eigenvalue weighted by atomic mass is 9.68. The second-order valence-corrected chi connectivity index (χ2v) is 15.3. The second-order valence-electron chi connectivity index (χ2n) is 12.2. The number of aromatic amines is 1. The minimum absolute atomic E-state index is 0.0722. The fourth-order valence-electron chi connectivity index (χ4n) is 8.28. The van der Waals surface area contributed by atoms with Gasteiger partial charge in [-0.3, -0.25) is 28.9 Å². The molecule has 46 heavy (non-hydrogen) atoms. The molecule has 234 valence electrons. The van der Waals surface area contributed by atoms with Crippen LogP contribution in [0.2, 0.25) is 0 Å². The summed E-state index contributed by atoms with van der Waals surface area (Å²) >= 11 is 6.27. The Hall–Kier alpha value is -3.94. The van der Waals surface area contributed by atoms with Crippen LogP contribution in [0.4, 0.5) is 5.69 Å². The third-order valence-electron chi connectivity index (χ3n) is 9.84. The van der Waals surface area contributed by atoms with Crippen LogP contribution in [0.15, 0.2) is 75.0 Å². The van der Waals surface area contributed by atoms with E-state index in [9.17, 15) is 29.1 Å². The van der Waals surface area contributed by atoms with E-state index in [1.165, 1.54) is 0 Å². The number of thiazole rings is 1. The molecule has 3 N–H and O–H groups in total. The van der Waals surface area contributed by atoms with Crippen molar-refractivity contribution in [1.82, 2.24) is 9.88 Å². The van der Waals surface area contributed by atoms with Crippen LogP contribution < -0.4 is 14.9 Å². The molecular formula is C33H26BrN3O7S2. The van der Waals surface area contributed by atoms with Gasteiger partial charge in [0, 0.05) is 37.2 Å². The largest absolute Gasteiger partial charge is 0.483 e. The number of aromatic nitrogens is 1. The molecule has 3 heterocycles. The van der Waals surface area contributed by atoms with Gasteiger partial charge in [-0.2, -0.15) is 0 Å². The predicted octanol–water partition coefficient (Wildman–Crippen LogP) is 4.93. The van der Waals surface area contributed by atoms with Gasteiger partial charge < -0.3 is 20.1 Å². The molecule has 4 aromatic rings. The number of amides is 3. The third-order valence-corrected chi connectivity index (χ3v) is 12.9. The standard InChI is InChI=1S/C33H26BrN3O7S2/c34-15-8-9-21(44-13-22(38)35-20-7-3-5-14-4-1-2-6-16(14)20)17(10-15)24-25-18-11-19(28(25)45-30-29(24)46-33(43)36-30)27-26(18)31(41)37(32(27)42)12-23(39)40/h1-10,18-19,24-28H,11-13H2,(H,35,38)(H,36,43)(H,39,40)/t18?,19?,24-,25?,26?,27?,28?/m1/s1. The van der Waals surface area contributed by atoms with E-state index in [1.807, 2.05) is 54.6 Å². The van der Waals surface area contributed by atoms with Gasteiger partial charge in [-0.15, -0.1) is 11.8 Å². The van der Waals surface area contributed by atoms with Crippen molar-refractivity contribution in [1.29, 1.82) is 0 Å².